The van der Waals surface area contributed by atoms with Gasteiger partial charge in [-0.3, -0.25) is 14.9 Å². The number of amides is 2. The molecule has 180 valence electrons. The third-order valence-corrected chi connectivity index (χ3v) is 10.7. The Bertz CT molecular complexity index is 1140. The fourth-order valence-electron chi connectivity index (χ4n) is 8.27. The molecule has 6 rings (SSSR count). The summed E-state index contributed by atoms with van der Waals surface area (Å²) in [6, 6.07) is 0.326. The second-order valence-corrected chi connectivity index (χ2v) is 12.1. The molecule has 0 radical (unpaired) electrons. The quantitative estimate of drug-likeness (QED) is 0.659. The first-order chi connectivity index (χ1) is 16.3. The molecule has 0 bridgehead atoms. The highest BCUT2D eigenvalue weighted by atomic mass is 32.1. The van der Waals surface area contributed by atoms with E-state index in [0.29, 0.717) is 40.7 Å². The minimum Gasteiger partial charge on any atom is -0.341 e. The number of likely N-dealkylation sites (N-methyl/N-ethyl adjacent to an activating group) is 1. The highest BCUT2D eigenvalue weighted by Gasteiger charge is 2.60. The van der Waals surface area contributed by atoms with Crippen LogP contribution < -0.4 is 5.32 Å². The van der Waals surface area contributed by atoms with Crippen LogP contribution >= 0.6 is 11.3 Å². The third-order valence-electron chi connectivity index (χ3n) is 9.94. The lowest BCUT2D eigenvalue weighted by atomic mass is 9.47. The predicted molar refractivity (Wildman–Crippen MR) is 131 cm³/mol. The number of hydrogen-bond donors (Lipinski definition) is 2. The van der Waals surface area contributed by atoms with Gasteiger partial charge in [0.25, 0.3) is 5.91 Å². The van der Waals surface area contributed by atoms with Crippen molar-refractivity contribution in [2.75, 3.05) is 12.4 Å². The second kappa shape index (κ2) is 7.77. The maximum atomic E-state index is 12.4. The molecule has 2 N–H and O–H groups in total. The first kappa shape index (κ1) is 22.0. The molecule has 3 aliphatic carbocycles. The molecule has 2 aromatic heterocycles. The Hall–Kier alpha value is -2.48. The summed E-state index contributed by atoms with van der Waals surface area (Å²) >= 11 is 1.51. The van der Waals surface area contributed by atoms with Gasteiger partial charge in [0.05, 0.1) is 5.69 Å². The standard InChI is InChI=1S/C26H33N5O2S/c1-25-10-8-17-15(4-7-20-26(17,2)11-9-21(32)31(20)3)16(25)5-6-18(25)19-14-34-24(29-19)30-23(33)22-27-12-13-28-22/h9,11-18,20H,4-8,10H2,1-3H3,(H,27,28)(H,29,30,33)/t15-,16-,17-,18+,20+,25-,26+/m0/s1. The summed E-state index contributed by atoms with van der Waals surface area (Å²) in [6.45, 7) is 4.89. The number of nitrogens with zero attached hydrogens (tertiary/aromatic N) is 3. The number of aromatic amines is 1. The van der Waals surface area contributed by atoms with Crippen LogP contribution in [0, 0.1) is 28.6 Å². The summed E-state index contributed by atoms with van der Waals surface area (Å²) in [5.74, 6) is 2.66. The number of carbonyl (C=O) groups excluding carboxylic acids is 2. The van der Waals surface area contributed by atoms with Crippen LogP contribution in [-0.2, 0) is 4.79 Å². The number of carbonyl (C=O) groups is 2. The molecule has 34 heavy (non-hydrogen) atoms. The van der Waals surface area contributed by atoms with Gasteiger partial charge < -0.3 is 9.88 Å². The largest absolute Gasteiger partial charge is 0.341 e. The van der Waals surface area contributed by atoms with E-state index in [0.717, 1.165) is 18.5 Å². The predicted octanol–water partition coefficient (Wildman–Crippen LogP) is 4.84. The van der Waals surface area contributed by atoms with E-state index in [-0.39, 0.29) is 22.6 Å². The van der Waals surface area contributed by atoms with Gasteiger partial charge in [-0.1, -0.05) is 19.9 Å². The molecule has 0 spiro atoms. The molecular weight excluding hydrogens is 446 g/mol. The molecular formula is C26H33N5O2S. The number of nitrogens with one attached hydrogen (secondary N) is 2. The lowest BCUT2D eigenvalue weighted by molar-refractivity contribution is -0.138. The van der Waals surface area contributed by atoms with Crippen molar-refractivity contribution in [3.8, 4) is 0 Å². The summed E-state index contributed by atoms with van der Waals surface area (Å²) in [5, 5.41) is 5.68. The van der Waals surface area contributed by atoms with Crippen molar-refractivity contribution >= 4 is 28.3 Å². The fraction of sp³-hybridized carbons (Fsp3) is 0.615. The molecule has 2 amide bonds. The first-order valence-corrected chi connectivity index (χ1v) is 13.4. The highest BCUT2D eigenvalue weighted by Crippen LogP contribution is 2.67. The normalized spacial score (nSPS) is 38.9. The first-order valence-electron chi connectivity index (χ1n) is 12.5. The number of aromatic nitrogens is 3. The topological polar surface area (TPSA) is 91.0 Å². The molecule has 3 heterocycles. The van der Waals surface area contributed by atoms with E-state index in [4.69, 9.17) is 4.98 Å². The lowest BCUT2D eigenvalue weighted by Gasteiger charge is -2.60. The van der Waals surface area contributed by atoms with Crippen LogP contribution in [0.5, 0.6) is 0 Å². The van der Waals surface area contributed by atoms with E-state index in [2.05, 4.69) is 40.6 Å². The van der Waals surface area contributed by atoms with Gasteiger partial charge in [0, 0.05) is 42.2 Å². The summed E-state index contributed by atoms with van der Waals surface area (Å²) in [6.07, 6.45) is 14.4. The zero-order chi connectivity index (χ0) is 23.7. The van der Waals surface area contributed by atoms with Gasteiger partial charge in [0.1, 0.15) is 0 Å². The van der Waals surface area contributed by atoms with Crippen LogP contribution in [0.25, 0.3) is 0 Å². The Kier molecular flexibility index (Phi) is 5.03. The number of H-pyrrole nitrogens is 1. The Balaban J connectivity index is 1.22. The van der Waals surface area contributed by atoms with E-state index in [1.165, 1.54) is 37.0 Å². The number of anilines is 1. The van der Waals surface area contributed by atoms with E-state index < -0.39 is 0 Å². The van der Waals surface area contributed by atoms with Crippen molar-refractivity contribution < 1.29 is 9.59 Å². The van der Waals surface area contributed by atoms with Gasteiger partial charge in [0.15, 0.2) is 11.0 Å². The minimum atomic E-state index is -0.254. The number of hydrogen-bond acceptors (Lipinski definition) is 5. The Morgan fingerprint density at radius 1 is 1.21 bits per heavy atom. The van der Waals surface area contributed by atoms with Crippen molar-refractivity contribution in [2.45, 2.75) is 64.3 Å². The molecule has 0 unspecified atom stereocenters. The van der Waals surface area contributed by atoms with Crippen LogP contribution in [0.15, 0.2) is 29.9 Å². The molecule has 8 heteroatoms. The number of rotatable bonds is 3. The average Bonchev–Trinajstić information content (AvgIpc) is 3.56. The maximum absolute atomic E-state index is 12.4. The van der Waals surface area contributed by atoms with Gasteiger partial charge in [-0.25, -0.2) is 9.97 Å². The molecule has 3 fully saturated rings. The van der Waals surface area contributed by atoms with Gasteiger partial charge in [-0.2, -0.15) is 0 Å². The van der Waals surface area contributed by atoms with Crippen molar-refractivity contribution in [3.63, 3.8) is 0 Å². The van der Waals surface area contributed by atoms with Crippen molar-refractivity contribution in [2.24, 2.45) is 28.6 Å². The van der Waals surface area contributed by atoms with E-state index >= 15 is 0 Å². The number of thiazole rings is 1. The van der Waals surface area contributed by atoms with Crippen LogP contribution in [-0.4, -0.2) is 44.8 Å². The number of fused-ring (bicyclic) bond motifs is 5. The molecule has 2 aromatic rings. The summed E-state index contributed by atoms with van der Waals surface area (Å²) < 4.78 is 0. The molecule has 0 aromatic carbocycles. The van der Waals surface area contributed by atoms with Gasteiger partial charge in [0.2, 0.25) is 5.91 Å². The zero-order valence-corrected chi connectivity index (χ0v) is 20.9. The summed E-state index contributed by atoms with van der Waals surface area (Å²) in [4.78, 5) is 38.4. The molecule has 4 aliphatic rings. The van der Waals surface area contributed by atoms with E-state index in [1.807, 2.05) is 18.0 Å². The molecule has 3 saturated carbocycles. The zero-order valence-electron chi connectivity index (χ0n) is 20.1. The average molecular weight is 480 g/mol. The van der Waals surface area contributed by atoms with E-state index in [9.17, 15) is 9.59 Å². The summed E-state index contributed by atoms with van der Waals surface area (Å²) in [7, 11) is 1.98. The van der Waals surface area contributed by atoms with Crippen LogP contribution in [0.3, 0.4) is 0 Å². The molecule has 7 atom stereocenters. The van der Waals surface area contributed by atoms with Crippen molar-refractivity contribution in [1.82, 2.24) is 19.9 Å². The smallest absolute Gasteiger partial charge is 0.293 e. The lowest BCUT2D eigenvalue weighted by Crippen LogP contribution is -2.59. The van der Waals surface area contributed by atoms with Crippen LogP contribution in [0.1, 0.15) is 74.6 Å². The van der Waals surface area contributed by atoms with Crippen molar-refractivity contribution in [1.29, 1.82) is 0 Å². The molecule has 1 aliphatic heterocycles. The van der Waals surface area contributed by atoms with Crippen LogP contribution in [0.4, 0.5) is 5.13 Å². The SMILES string of the molecule is CN1C(=O)C=C[C@]2(C)[C@H]3CC[C@]4(C)[C@@H](c5csc(NC(=O)c6ncc[nH]6)n5)CC[C@H]4[C@@H]3CC[C@@H]12. The van der Waals surface area contributed by atoms with Crippen molar-refractivity contribution in [3.05, 3.63) is 41.4 Å². The highest BCUT2D eigenvalue weighted by molar-refractivity contribution is 7.14. The summed E-state index contributed by atoms with van der Waals surface area (Å²) in [5.41, 5.74) is 1.45. The third kappa shape index (κ3) is 3.13. The maximum Gasteiger partial charge on any atom is 0.293 e. The Morgan fingerprint density at radius 3 is 2.85 bits per heavy atom. The van der Waals surface area contributed by atoms with Gasteiger partial charge in [-0.15, -0.1) is 11.3 Å². The second-order valence-electron chi connectivity index (χ2n) is 11.3. The molecule has 7 nitrogen and oxygen atoms in total. The van der Waals surface area contributed by atoms with Crippen LogP contribution in [0.2, 0.25) is 0 Å². The Morgan fingerprint density at radius 2 is 2.06 bits per heavy atom. The monoisotopic (exact) mass is 479 g/mol. The minimum absolute atomic E-state index is 0.0783. The van der Waals surface area contributed by atoms with E-state index in [1.54, 1.807) is 12.4 Å². The van der Waals surface area contributed by atoms with Gasteiger partial charge >= 0.3 is 0 Å². The fourth-order valence-corrected chi connectivity index (χ4v) is 9.03. The number of imidazole rings is 1. The Labute approximate surface area is 204 Å². The molecule has 0 saturated heterocycles. The van der Waals surface area contributed by atoms with Gasteiger partial charge in [-0.05, 0) is 67.8 Å².